The Bertz CT molecular complexity index is 1280. The fourth-order valence-electron chi connectivity index (χ4n) is 3.65. The number of amidine groups is 1. The van der Waals surface area contributed by atoms with E-state index in [9.17, 15) is 14.7 Å². The summed E-state index contributed by atoms with van der Waals surface area (Å²) in [5.74, 6) is -0.756. The van der Waals surface area contributed by atoms with Crippen molar-refractivity contribution < 1.29 is 19.4 Å². The SMILES string of the molecule is CCOc1c(C)ncc(CNc2ccc(Cl)cc2C(=O)Nc2ccc(C(=N)N)cc2)c1CCC(=O)O. The van der Waals surface area contributed by atoms with Crippen molar-refractivity contribution in [2.45, 2.75) is 33.2 Å². The van der Waals surface area contributed by atoms with E-state index in [2.05, 4.69) is 15.6 Å². The number of nitrogens with one attached hydrogen (secondary N) is 3. The molecular weight excluding hydrogens is 482 g/mol. The maximum Gasteiger partial charge on any atom is 0.303 e. The van der Waals surface area contributed by atoms with Crippen LogP contribution in [0.3, 0.4) is 0 Å². The van der Waals surface area contributed by atoms with Crippen molar-refractivity contribution in [3.8, 4) is 5.75 Å². The second kappa shape index (κ2) is 12.0. The second-order valence-corrected chi connectivity index (χ2v) is 8.43. The van der Waals surface area contributed by atoms with Gasteiger partial charge in [-0.25, -0.2) is 0 Å². The van der Waals surface area contributed by atoms with Crippen molar-refractivity contribution in [1.29, 1.82) is 5.41 Å². The highest BCUT2D eigenvalue weighted by molar-refractivity contribution is 6.31. The van der Waals surface area contributed by atoms with Crippen LogP contribution < -0.4 is 21.1 Å². The van der Waals surface area contributed by atoms with Gasteiger partial charge < -0.3 is 26.2 Å². The number of aliphatic carboxylic acids is 1. The van der Waals surface area contributed by atoms with Crippen LogP contribution in [0.2, 0.25) is 5.02 Å². The minimum atomic E-state index is -0.904. The smallest absolute Gasteiger partial charge is 0.303 e. The number of anilines is 2. The van der Waals surface area contributed by atoms with Crippen molar-refractivity contribution in [2.24, 2.45) is 5.73 Å². The number of amides is 1. The van der Waals surface area contributed by atoms with E-state index >= 15 is 0 Å². The van der Waals surface area contributed by atoms with Crippen LogP contribution in [0.1, 0.15) is 46.1 Å². The van der Waals surface area contributed by atoms with E-state index in [0.717, 1.165) is 11.1 Å². The number of aromatic nitrogens is 1. The topological polar surface area (TPSA) is 150 Å². The fourth-order valence-corrected chi connectivity index (χ4v) is 3.82. The Balaban J connectivity index is 1.85. The Morgan fingerprint density at radius 1 is 1.19 bits per heavy atom. The first-order chi connectivity index (χ1) is 17.2. The van der Waals surface area contributed by atoms with Gasteiger partial charge in [-0.15, -0.1) is 0 Å². The van der Waals surface area contributed by atoms with Gasteiger partial charge >= 0.3 is 5.97 Å². The Hall–Kier alpha value is -4.11. The summed E-state index contributed by atoms with van der Waals surface area (Å²) in [6, 6.07) is 11.6. The summed E-state index contributed by atoms with van der Waals surface area (Å²) in [4.78, 5) is 28.7. The molecule has 0 spiro atoms. The van der Waals surface area contributed by atoms with Crippen LogP contribution >= 0.6 is 11.6 Å². The quantitative estimate of drug-likeness (QED) is 0.187. The van der Waals surface area contributed by atoms with Crippen LogP contribution in [-0.4, -0.2) is 34.4 Å². The molecule has 1 aromatic heterocycles. The zero-order valence-corrected chi connectivity index (χ0v) is 20.8. The molecule has 3 rings (SSSR count). The number of carbonyl (C=O) groups is 2. The molecule has 0 atom stereocenters. The van der Waals surface area contributed by atoms with E-state index in [1.165, 1.54) is 0 Å². The standard InChI is InChI=1S/C26H28ClN5O4/c1-3-36-24-15(2)30-13-17(20(24)9-11-23(33)34)14-31-22-10-6-18(27)12-21(22)26(35)32-19-7-4-16(5-8-19)25(28)29/h4-8,10,12-13,31H,3,9,11,14H2,1-2H3,(H3,28,29)(H,32,35)(H,33,34). The van der Waals surface area contributed by atoms with Gasteiger partial charge in [-0.2, -0.15) is 0 Å². The highest BCUT2D eigenvalue weighted by Gasteiger charge is 2.17. The number of carbonyl (C=O) groups excluding carboxylic acids is 1. The summed E-state index contributed by atoms with van der Waals surface area (Å²) in [7, 11) is 0. The molecule has 2 aromatic carbocycles. The third-order valence-corrected chi connectivity index (χ3v) is 5.67. The molecule has 0 radical (unpaired) electrons. The Morgan fingerprint density at radius 3 is 2.56 bits per heavy atom. The molecule has 3 aromatic rings. The summed E-state index contributed by atoms with van der Waals surface area (Å²) >= 11 is 6.18. The van der Waals surface area contributed by atoms with Crippen molar-refractivity contribution in [1.82, 2.24) is 4.98 Å². The lowest BCUT2D eigenvalue weighted by molar-refractivity contribution is -0.136. The number of pyridine rings is 1. The van der Waals surface area contributed by atoms with Gasteiger partial charge in [0.1, 0.15) is 11.6 Å². The molecule has 0 aliphatic rings. The van der Waals surface area contributed by atoms with Crippen LogP contribution in [0.4, 0.5) is 11.4 Å². The zero-order valence-electron chi connectivity index (χ0n) is 20.0. The minimum Gasteiger partial charge on any atom is -0.492 e. The molecule has 6 N–H and O–H groups in total. The first-order valence-corrected chi connectivity index (χ1v) is 11.7. The summed E-state index contributed by atoms with van der Waals surface area (Å²) in [5.41, 5.74) is 9.67. The lowest BCUT2D eigenvalue weighted by Gasteiger charge is -2.18. The van der Waals surface area contributed by atoms with Gasteiger partial charge in [-0.05, 0) is 68.3 Å². The number of carboxylic acid groups (broad SMARTS) is 1. The van der Waals surface area contributed by atoms with E-state index in [-0.39, 0.29) is 31.1 Å². The number of hydrogen-bond acceptors (Lipinski definition) is 6. The van der Waals surface area contributed by atoms with Crippen molar-refractivity contribution in [3.05, 3.63) is 81.6 Å². The summed E-state index contributed by atoms with van der Waals surface area (Å²) in [6.45, 7) is 4.39. The molecule has 188 valence electrons. The van der Waals surface area contributed by atoms with Crippen LogP contribution in [0.25, 0.3) is 0 Å². The fraction of sp³-hybridized carbons (Fsp3) is 0.231. The molecule has 0 saturated carbocycles. The predicted octanol–water partition coefficient (Wildman–Crippen LogP) is 4.61. The molecule has 36 heavy (non-hydrogen) atoms. The third-order valence-electron chi connectivity index (χ3n) is 5.43. The number of hydrogen-bond donors (Lipinski definition) is 5. The summed E-state index contributed by atoms with van der Waals surface area (Å²) < 4.78 is 5.77. The third kappa shape index (κ3) is 6.73. The maximum absolute atomic E-state index is 13.1. The average Bonchev–Trinajstić information content (AvgIpc) is 2.84. The van der Waals surface area contributed by atoms with Gasteiger partial charge in [-0.1, -0.05) is 11.6 Å². The van der Waals surface area contributed by atoms with Gasteiger partial charge in [-0.3, -0.25) is 20.0 Å². The second-order valence-electron chi connectivity index (χ2n) is 7.99. The van der Waals surface area contributed by atoms with Crippen LogP contribution in [0, 0.1) is 12.3 Å². The summed E-state index contributed by atoms with van der Waals surface area (Å²) in [5, 5.41) is 23.2. The highest BCUT2D eigenvalue weighted by Crippen LogP contribution is 2.29. The number of nitrogen functional groups attached to an aromatic ring is 1. The zero-order chi connectivity index (χ0) is 26.2. The first kappa shape index (κ1) is 26.5. The lowest BCUT2D eigenvalue weighted by Crippen LogP contribution is -2.16. The molecule has 1 amide bonds. The lowest BCUT2D eigenvalue weighted by atomic mass is 10.0. The number of halogens is 1. The molecule has 0 fully saturated rings. The van der Waals surface area contributed by atoms with Gasteiger partial charge in [0.05, 0.1) is 17.9 Å². The Labute approximate surface area is 214 Å². The largest absolute Gasteiger partial charge is 0.492 e. The molecule has 0 bridgehead atoms. The number of benzene rings is 2. The molecule has 0 aliphatic heterocycles. The molecule has 9 nitrogen and oxygen atoms in total. The van der Waals surface area contributed by atoms with E-state index in [1.54, 1.807) is 48.7 Å². The average molecular weight is 510 g/mol. The molecular formula is C26H28ClN5O4. The number of carboxylic acids is 1. The van der Waals surface area contributed by atoms with Gasteiger partial charge in [0.15, 0.2) is 0 Å². The number of aryl methyl sites for hydroxylation is 1. The number of rotatable bonds is 11. The van der Waals surface area contributed by atoms with Gasteiger partial charge in [0.25, 0.3) is 5.91 Å². The molecule has 0 aliphatic carbocycles. The molecule has 1 heterocycles. The van der Waals surface area contributed by atoms with Crippen molar-refractivity contribution in [3.63, 3.8) is 0 Å². The van der Waals surface area contributed by atoms with Crippen LogP contribution in [0.15, 0.2) is 48.7 Å². The normalized spacial score (nSPS) is 10.5. The van der Waals surface area contributed by atoms with Crippen LogP contribution in [-0.2, 0) is 17.8 Å². The predicted molar refractivity (Wildman–Crippen MR) is 140 cm³/mol. The van der Waals surface area contributed by atoms with Crippen molar-refractivity contribution in [2.75, 3.05) is 17.2 Å². The molecule has 0 saturated heterocycles. The van der Waals surface area contributed by atoms with E-state index in [4.69, 9.17) is 27.5 Å². The van der Waals surface area contributed by atoms with Crippen molar-refractivity contribution >= 4 is 40.7 Å². The van der Waals surface area contributed by atoms with E-state index in [1.807, 2.05) is 13.8 Å². The first-order valence-electron chi connectivity index (χ1n) is 11.3. The van der Waals surface area contributed by atoms with Gasteiger partial charge in [0.2, 0.25) is 0 Å². The number of ether oxygens (including phenoxy) is 1. The van der Waals surface area contributed by atoms with Gasteiger partial charge in [0, 0.05) is 46.7 Å². The number of nitrogens with zero attached hydrogens (tertiary/aromatic N) is 1. The van der Waals surface area contributed by atoms with E-state index in [0.29, 0.717) is 45.6 Å². The number of nitrogens with two attached hydrogens (primary N) is 1. The maximum atomic E-state index is 13.1. The molecule has 10 heteroatoms. The monoisotopic (exact) mass is 509 g/mol. The summed E-state index contributed by atoms with van der Waals surface area (Å²) in [6.07, 6.45) is 1.93. The Morgan fingerprint density at radius 2 is 1.92 bits per heavy atom. The van der Waals surface area contributed by atoms with Crippen LogP contribution in [0.5, 0.6) is 5.75 Å². The molecule has 0 unspecified atom stereocenters. The Kier molecular flexibility index (Phi) is 8.86. The highest BCUT2D eigenvalue weighted by atomic mass is 35.5. The minimum absolute atomic E-state index is 0.0481. The van der Waals surface area contributed by atoms with E-state index < -0.39 is 5.97 Å².